The van der Waals surface area contributed by atoms with Gasteiger partial charge in [-0.25, -0.2) is 0 Å². The van der Waals surface area contributed by atoms with Gasteiger partial charge in [0.25, 0.3) is 5.91 Å². The number of nitrogens with zero attached hydrogens (tertiary/aromatic N) is 2. The summed E-state index contributed by atoms with van der Waals surface area (Å²) in [6, 6.07) is 15.3. The Bertz CT molecular complexity index is 1150. The number of anilines is 1. The Hall–Kier alpha value is -3.45. The van der Waals surface area contributed by atoms with Crippen LogP contribution in [0.15, 0.2) is 48.5 Å². The number of amides is 1. The molecule has 0 unspecified atom stereocenters. The first kappa shape index (κ1) is 23.7. The molecular formula is C27H33N3O4. The molecule has 4 rings (SSSR count). The summed E-state index contributed by atoms with van der Waals surface area (Å²) in [6.45, 7) is 12.7. The summed E-state index contributed by atoms with van der Waals surface area (Å²) in [5, 5.41) is 3.04. The Kier molecular flexibility index (Phi) is 7.43. The molecule has 1 N–H and O–H groups in total. The highest BCUT2D eigenvalue weighted by molar-refractivity contribution is 6.06. The summed E-state index contributed by atoms with van der Waals surface area (Å²) in [5.74, 6) is 1.96. The van der Waals surface area contributed by atoms with Gasteiger partial charge in [-0.2, -0.15) is 0 Å². The molecule has 180 valence electrons. The molecule has 0 saturated carbocycles. The molecule has 7 nitrogen and oxygen atoms in total. The Balaban J connectivity index is 1.52. The first-order valence-electron chi connectivity index (χ1n) is 11.9. The standard InChI is InChI=1S/C27H33N3O4/c1-5-29(6-2)13-14-32-24-10-8-7-9-23(24)28-27(31)22-17-19(3)30(20(22)4)21-11-12-25-26(18-21)34-16-15-33-25/h7-12,17-18H,5-6,13-16H2,1-4H3,(H,28,31). The van der Waals surface area contributed by atoms with Crippen molar-refractivity contribution in [1.82, 2.24) is 9.47 Å². The van der Waals surface area contributed by atoms with Crippen LogP contribution in [0, 0.1) is 13.8 Å². The van der Waals surface area contributed by atoms with Gasteiger partial charge >= 0.3 is 0 Å². The minimum Gasteiger partial charge on any atom is -0.490 e. The lowest BCUT2D eigenvalue weighted by Gasteiger charge is -2.20. The van der Waals surface area contributed by atoms with Crippen LogP contribution >= 0.6 is 0 Å². The lowest BCUT2D eigenvalue weighted by molar-refractivity contribution is 0.102. The van der Waals surface area contributed by atoms with Crippen molar-refractivity contribution in [2.24, 2.45) is 0 Å². The molecule has 7 heteroatoms. The number of carbonyl (C=O) groups excluding carboxylic acids is 1. The van der Waals surface area contributed by atoms with E-state index in [2.05, 4.69) is 28.6 Å². The fraction of sp³-hybridized carbons (Fsp3) is 0.370. The van der Waals surface area contributed by atoms with Crippen LogP contribution in [0.4, 0.5) is 5.69 Å². The van der Waals surface area contributed by atoms with Gasteiger partial charge in [-0.15, -0.1) is 0 Å². The normalized spacial score (nSPS) is 12.6. The predicted molar refractivity (Wildman–Crippen MR) is 134 cm³/mol. The molecule has 0 fully saturated rings. The number of rotatable bonds is 9. The summed E-state index contributed by atoms with van der Waals surface area (Å²) >= 11 is 0. The molecule has 0 saturated heterocycles. The van der Waals surface area contributed by atoms with Gasteiger partial charge in [0.15, 0.2) is 11.5 Å². The summed E-state index contributed by atoms with van der Waals surface area (Å²) in [6.07, 6.45) is 0. The minimum absolute atomic E-state index is 0.170. The second-order valence-corrected chi connectivity index (χ2v) is 8.27. The van der Waals surface area contributed by atoms with E-state index in [0.29, 0.717) is 36.8 Å². The molecule has 0 atom stereocenters. The zero-order valence-corrected chi connectivity index (χ0v) is 20.4. The Morgan fingerprint density at radius 2 is 1.76 bits per heavy atom. The van der Waals surface area contributed by atoms with Gasteiger partial charge in [-0.05, 0) is 57.3 Å². The van der Waals surface area contributed by atoms with Gasteiger partial charge in [-0.1, -0.05) is 26.0 Å². The number of ether oxygens (including phenoxy) is 3. The number of carbonyl (C=O) groups is 1. The minimum atomic E-state index is -0.170. The molecule has 0 aliphatic carbocycles. The SMILES string of the molecule is CCN(CC)CCOc1ccccc1NC(=O)c1cc(C)n(-c2ccc3c(c2)OCCO3)c1C. The average molecular weight is 464 g/mol. The largest absolute Gasteiger partial charge is 0.490 e. The number of hydrogen-bond donors (Lipinski definition) is 1. The fourth-order valence-corrected chi connectivity index (χ4v) is 4.27. The molecule has 1 aliphatic heterocycles. The van der Waals surface area contributed by atoms with Gasteiger partial charge in [0, 0.05) is 29.7 Å². The van der Waals surface area contributed by atoms with E-state index in [1.54, 1.807) is 0 Å². The van der Waals surface area contributed by atoms with Crippen LogP contribution in [0.5, 0.6) is 17.2 Å². The van der Waals surface area contributed by atoms with Crippen LogP contribution in [0.3, 0.4) is 0 Å². The van der Waals surface area contributed by atoms with Gasteiger partial charge in [0.2, 0.25) is 0 Å². The second-order valence-electron chi connectivity index (χ2n) is 8.27. The highest BCUT2D eigenvalue weighted by Crippen LogP contribution is 2.34. The molecule has 34 heavy (non-hydrogen) atoms. The van der Waals surface area contributed by atoms with E-state index in [1.807, 2.05) is 62.4 Å². The average Bonchev–Trinajstić information content (AvgIpc) is 3.16. The summed E-state index contributed by atoms with van der Waals surface area (Å²) < 4.78 is 19.4. The van der Waals surface area contributed by atoms with Crippen molar-refractivity contribution >= 4 is 11.6 Å². The van der Waals surface area contributed by atoms with Crippen molar-refractivity contribution in [2.45, 2.75) is 27.7 Å². The number of para-hydroxylation sites is 2. The molecule has 2 aromatic carbocycles. The maximum atomic E-state index is 13.3. The maximum absolute atomic E-state index is 13.3. The molecule has 3 aromatic rings. The van der Waals surface area contributed by atoms with Crippen molar-refractivity contribution in [3.8, 4) is 22.9 Å². The van der Waals surface area contributed by atoms with E-state index in [4.69, 9.17) is 14.2 Å². The zero-order chi connectivity index (χ0) is 24.1. The molecule has 1 aliphatic rings. The van der Waals surface area contributed by atoms with E-state index in [9.17, 15) is 4.79 Å². The fourth-order valence-electron chi connectivity index (χ4n) is 4.27. The molecule has 0 bridgehead atoms. The van der Waals surface area contributed by atoms with Crippen LogP contribution in [-0.4, -0.2) is 54.8 Å². The van der Waals surface area contributed by atoms with Crippen molar-refractivity contribution in [2.75, 3.05) is 44.8 Å². The monoisotopic (exact) mass is 463 g/mol. The third-order valence-corrected chi connectivity index (χ3v) is 6.15. The molecule has 2 heterocycles. The van der Waals surface area contributed by atoms with Crippen molar-refractivity contribution < 1.29 is 19.0 Å². The third kappa shape index (κ3) is 5.04. The van der Waals surface area contributed by atoms with Crippen LogP contribution in [0.25, 0.3) is 5.69 Å². The third-order valence-electron chi connectivity index (χ3n) is 6.15. The molecule has 1 aromatic heterocycles. The van der Waals surface area contributed by atoms with Crippen LogP contribution < -0.4 is 19.5 Å². The lowest BCUT2D eigenvalue weighted by atomic mass is 10.2. The summed E-state index contributed by atoms with van der Waals surface area (Å²) in [4.78, 5) is 15.6. The van der Waals surface area contributed by atoms with Crippen molar-refractivity contribution in [3.63, 3.8) is 0 Å². The van der Waals surface area contributed by atoms with Crippen LogP contribution in [-0.2, 0) is 0 Å². The molecule has 0 spiro atoms. The number of hydrogen-bond acceptors (Lipinski definition) is 5. The number of nitrogens with one attached hydrogen (secondary N) is 1. The number of fused-ring (bicyclic) bond motifs is 1. The number of aromatic nitrogens is 1. The highest BCUT2D eigenvalue weighted by atomic mass is 16.6. The van der Waals surface area contributed by atoms with Gasteiger partial charge in [0.05, 0.1) is 11.3 Å². The number of benzene rings is 2. The van der Waals surface area contributed by atoms with E-state index >= 15 is 0 Å². The van der Waals surface area contributed by atoms with E-state index in [0.717, 1.165) is 48.2 Å². The van der Waals surface area contributed by atoms with E-state index < -0.39 is 0 Å². The molecular weight excluding hydrogens is 430 g/mol. The molecule has 0 radical (unpaired) electrons. The molecule has 1 amide bonds. The zero-order valence-electron chi connectivity index (χ0n) is 20.4. The smallest absolute Gasteiger partial charge is 0.257 e. The van der Waals surface area contributed by atoms with Gasteiger partial charge in [-0.3, -0.25) is 4.79 Å². The van der Waals surface area contributed by atoms with Gasteiger partial charge < -0.3 is 29.0 Å². The Labute approximate surface area is 201 Å². The van der Waals surface area contributed by atoms with Crippen molar-refractivity contribution in [3.05, 3.63) is 65.5 Å². The van der Waals surface area contributed by atoms with Crippen molar-refractivity contribution in [1.29, 1.82) is 0 Å². The first-order valence-corrected chi connectivity index (χ1v) is 11.9. The summed E-state index contributed by atoms with van der Waals surface area (Å²) in [5.41, 5.74) is 4.02. The van der Waals surface area contributed by atoms with Crippen LogP contribution in [0.1, 0.15) is 35.6 Å². The van der Waals surface area contributed by atoms with Gasteiger partial charge in [0.1, 0.15) is 25.6 Å². The summed E-state index contributed by atoms with van der Waals surface area (Å²) in [7, 11) is 0. The predicted octanol–water partition coefficient (Wildman–Crippen LogP) is 4.84. The Morgan fingerprint density at radius 1 is 1.03 bits per heavy atom. The number of aryl methyl sites for hydroxylation is 1. The quantitative estimate of drug-likeness (QED) is 0.492. The van der Waals surface area contributed by atoms with Crippen LogP contribution in [0.2, 0.25) is 0 Å². The topological polar surface area (TPSA) is 65.0 Å². The first-order chi connectivity index (χ1) is 16.5. The Morgan fingerprint density at radius 3 is 2.53 bits per heavy atom. The van der Waals surface area contributed by atoms with E-state index in [-0.39, 0.29) is 5.91 Å². The maximum Gasteiger partial charge on any atom is 0.257 e. The second kappa shape index (κ2) is 10.7. The lowest BCUT2D eigenvalue weighted by Crippen LogP contribution is -2.28. The number of likely N-dealkylation sites (N-methyl/N-ethyl adjacent to an activating group) is 1. The highest BCUT2D eigenvalue weighted by Gasteiger charge is 2.20. The van der Waals surface area contributed by atoms with E-state index in [1.165, 1.54) is 0 Å².